The molecule has 6 nitrogen and oxygen atoms in total. The number of rotatable bonds is 9. The highest BCUT2D eigenvalue weighted by Crippen LogP contribution is 2.47. The molecular weight excluding hydrogens is 524 g/mol. The van der Waals surface area contributed by atoms with E-state index in [1.807, 2.05) is 36.4 Å². The normalized spacial score (nSPS) is 18.3. The molecule has 2 heterocycles. The van der Waals surface area contributed by atoms with Crippen molar-refractivity contribution in [1.29, 1.82) is 0 Å². The zero-order valence-corrected chi connectivity index (χ0v) is 24.9. The minimum atomic E-state index is -0.290. The van der Waals surface area contributed by atoms with Crippen molar-refractivity contribution < 1.29 is 23.6 Å². The second-order valence-electron chi connectivity index (χ2n) is 11.1. The van der Waals surface area contributed by atoms with E-state index >= 15 is 0 Å². The number of fused-ring (bicyclic) bond motifs is 2. The summed E-state index contributed by atoms with van der Waals surface area (Å²) in [4.78, 5) is 25.0. The van der Waals surface area contributed by atoms with Gasteiger partial charge >= 0.3 is 11.9 Å². The number of ether oxygens (including phenoxy) is 2. The third-order valence-electron chi connectivity index (χ3n) is 7.64. The summed E-state index contributed by atoms with van der Waals surface area (Å²) in [6, 6.07) is 16.6. The van der Waals surface area contributed by atoms with E-state index in [1.54, 1.807) is 0 Å². The molecule has 0 aromatic heterocycles. The van der Waals surface area contributed by atoms with Crippen molar-refractivity contribution >= 4 is 40.6 Å². The van der Waals surface area contributed by atoms with Crippen molar-refractivity contribution in [3.63, 3.8) is 0 Å². The Kier molecular flexibility index (Phi) is 8.69. The van der Waals surface area contributed by atoms with E-state index < -0.39 is 0 Å². The number of allylic oxidation sites excluding steroid dienone is 6. The molecule has 0 saturated carbocycles. The maximum atomic E-state index is 11.4. The average molecular weight is 562 g/mol. The van der Waals surface area contributed by atoms with E-state index in [4.69, 9.17) is 21.1 Å². The third-order valence-corrected chi connectivity index (χ3v) is 7.89. The number of hydrogen-bond donors (Lipinski definition) is 0. The van der Waals surface area contributed by atoms with Gasteiger partial charge in [-0.2, -0.15) is 4.58 Å². The van der Waals surface area contributed by atoms with Crippen LogP contribution in [-0.4, -0.2) is 48.5 Å². The monoisotopic (exact) mass is 561 g/mol. The van der Waals surface area contributed by atoms with Crippen LogP contribution < -0.4 is 4.90 Å². The summed E-state index contributed by atoms with van der Waals surface area (Å²) in [5.74, 6) is -0.580. The smallest absolute Gasteiger partial charge is 0.302 e. The fraction of sp³-hybridized carbons (Fsp3) is 0.364. The summed E-state index contributed by atoms with van der Waals surface area (Å²) in [6.07, 6.45) is 7.94. The van der Waals surface area contributed by atoms with Gasteiger partial charge in [-0.1, -0.05) is 61.8 Å². The highest BCUT2D eigenvalue weighted by molar-refractivity contribution is 6.31. The molecule has 0 aliphatic carbocycles. The number of halogens is 1. The maximum absolute atomic E-state index is 11.4. The predicted molar refractivity (Wildman–Crippen MR) is 161 cm³/mol. The van der Waals surface area contributed by atoms with Crippen LogP contribution in [0.25, 0.3) is 0 Å². The van der Waals surface area contributed by atoms with Crippen molar-refractivity contribution in [2.75, 3.05) is 31.2 Å². The van der Waals surface area contributed by atoms with Crippen LogP contribution in [-0.2, 0) is 29.9 Å². The Morgan fingerprint density at radius 2 is 1.52 bits per heavy atom. The molecule has 0 spiro atoms. The van der Waals surface area contributed by atoms with Crippen molar-refractivity contribution in [1.82, 2.24) is 0 Å². The van der Waals surface area contributed by atoms with E-state index in [0.717, 1.165) is 22.8 Å². The first-order valence-electron chi connectivity index (χ1n) is 13.6. The van der Waals surface area contributed by atoms with Gasteiger partial charge in [-0.25, -0.2) is 0 Å². The van der Waals surface area contributed by atoms with Gasteiger partial charge < -0.3 is 14.4 Å². The predicted octanol–water partition coefficient (Wildman–Crippen LogP) is 6.55. The molecule has 210 valence electrons. The lowest BCUT2D eigenvalue weighted by molar-refractivity contribution is -0.440. The summed E-state index contributed by atoms with van der Waals surface area (Å²) >= 11 is 6.77. The summed E-state index contributed by atoms with van der Waals surface area (Å²) in [5.41, 5.74) is 6.31. The van der Waals surface area contributed by atoms with Gasteiger partial charge in [0.15, 0.2) is 18.9 Å². The van der Waals surface area contributed by atoms with Crippen LogP contribution in [0, 0.1) is 0 Å². The van der Waals surface area contributed by atoms with Crippen molar-refractivity contribution in [3.8, 4) is 0 Å². The lowest BCUT2D eigenvalue weighted by Gasteiger charge is -2.26. The summed E-state index contributed by atoms with van der Waals surface area (Å²) in [5, 5.41) is 0.582. The van der Waals surface area contributed by atoms with E-state index in [9.17, 15) is 9.59 Å². The van der Waals surface area contributed by atoms with Crippen molar-refractivity contribution in [3.05, 3.63) is 94.7 Å². The van der Waals surface area contributed by atoms with Crippen LogP contribution >= 0.6 is 11.6 Å². The molecule has 0 saturated heterocycles. The second kappa shape index (κ2) is 11.8. The minimum absolute atomic E-state index is 0.248. The number of carbonyl (C=O) groups is 2. The molecule has 0 N–H and O–H groups in total. The molecule has 40 heavy (non-hydrogen) atoms. The molecule has 2 aliphatic rings. The molecule has 2 aromatic carbocycles. The second-order valence-corrected chi connectivity index (χ2v) is 11.5. The Morgan fingerprint density at radius 3 is 2.23 bits per heavy atom. The Morgan fingerprint density at radius 1 is 0.900 bits per heavy atom. The van der Waals surface area contributed by atoms with Gasteiger partial charge in [0.2, 0.25) is 5.69 Å². The first-order valence-corrected chi connectivity index (χ1v) is 14.0. The van der Waals surface area contributed by atoms with Crippen LogP contribution in [0.4, 0.5) is 11.4 Å². The van der Waals surface area contributed by atoms with Crippen LogP contribution in [0.15, 0.2) is 83.6 Å². The Labute approximate surface area is 242 Å². The van der Waals surface area contributed by atoms with Gasteiger partial charge in [0, 0.05) is 53.4 Å². The van der Waals surface area contributed by atoms with Crippen molar-refractivity contribution in [2.24, 2.45) is 0 Å². The van der Waals surface area contributed by atoms with Crippen molar-refractivity contribution in [2.45, 2.75) is 52.4 Å². The third kappa shape index (κ3) is 5.92. The van der Waals surface area contributed by atoms with Crippen LogP contribution in [0.5, 0.6) is 0 Å². The number of nitrogens with zero attached hydrogens (tertiary/aromatic N) is 2. The molecule has 2 aliphatic heterocycles. The maximum Gasteiger partial charge on any atom is 0.302 e. The number of para-hydroxylation sites is 2. The van der Waals surface area contributed by atoms with Gasteiger partial charge in [0.05, 0.1) is 12.0 Å². The topological polar surface area (TPSA) is 58.9 Å². The van der Waals surface area contributed by atoms with Crippen LogP contribution in [0.2, 0.25) is 0 Å². The largest absolute Gasteiger partial charge is 0.464 e. The first kappa shape index (κ1) is 29.3. The molecule has 4 rings (SSSR count). The molecule has 0 fully saturated rings. The molecule has 0 amide bonds. The van der Waals surface area contributed by atoms with E-state index in [-0.39, 0.29) is 22.8 Å². The van der Waals surface area contributed by atoms with Gasteiger partial charge in [-0.3, -0.25) is 9.59 Å². The van der Waals surface area contributed by atoms with Gasteiger partial charge in [0.1, 0.15) is 6.61 Å². The molecule has 7 heteroatoms. The molecule has 0 radical (unpaired) electrons. The minimum Gasteiger partial charge on any atom is -0.464 e. The number of carbonyl (C=O) groups excluding carboxylic acids is 2. The van der Waals surface area contributed by atoms with E-state index in [2.05, 4.69) is 73.6 Å². The molecular formula is C33H38ClN2O4+. The van der Waals surface area contributed by atoms with Gasteiger partial charge in [-0.15, -0.1) is 0 Å². The van der Waals surface area contributed by atoms with Gasteiger partial charge in [0.25, 0.3) is 0 Å². The first-order chi connectivity index (χ1) is 18.9. The lowest BCUT2D eigenvalue weighted by Crippen LogP contribution is -2.29. The Balaban J connectivity index is 1.65. The molecule has 0 atom stereocenters. The number of hydrogen-bond acceptors (Lipinski definition) is 5. The fourth-order valence-corrected chi connectivity index (χ4v) is 5.82. The molecule has 2 aromatic rings. The summed E-state index contributed by atoms with van der Waals surface area (Å²) < 4.78 is 12.7. The van der Waals surface area contributed by atoms with Crippen LogP contribution in [0.1, 0.15) is 52.7 Å². The standard InChI is InChI=1S/C33H38ClN2O4/c1-23(37)39-21-19-35-28-13-9-7-11-26(28)32(3,4)30(35)17-15-25(34)16-18-31-33(5,6)27-12-8-10-14-29(27)36(31)20-22-40-24(2)38/h7-18H,19-22H2,1-6H3/q+1. The van der Waals surface area contributed by atoms with E-state index in [0.29, 0.717) is 31.3 Å². The molecule has 0 unspecified atom stereocenters. The summed E-state index contributed by atoms with van der Waals surface area (Å²) in [7, 11) is 0. The number of anilines is 1. The van der Waals surface area contributed by atoms with E-state index in [1.165, 1.54) is 25.0 Å². The molecule has 0 bridgehead atoms. The Hall–Kier alpha value is -3.64. The highest BCUT2D eigenvalue weighted by Gasteiger charge is 2.44. The highest BCUT2D eigenvalue weighted by atomic mass is 35.5. The Bertz CT molecular complexity index is 1430. The zero-order chi connectivity index (χ0) is 29.1. The zero-order valence-electron chi connectivity index (χ0n) is 24.2. The van der Waals surface area contributed by atoms with Crippen LogP contribution in [0.3, 0.4) is 0 Å². The quantitative estimate of drug-likeness (QED) is 0.197. The number of esters is 2. The SMILES string of the molecule is CC(=O)OCCN1\C(=C/C=C(Cl)/C=C/C2=[N+](CCOC(C)=O)c3ccccc3C2(C)C)C(C)(C)c2ccccc21. The average Bonchev–Trinajstić information content (AvgIpc) is 3.25. The fourth-order valence-electron chi connectivity index (χ4n) is 5.70. The lowest BCUT2D eigenvalue weighted by atomic mass is 9.81. The van der Waals surface area contributed by atoms with Gasteiger partial charge in [-0.05, 0) is 43.7 Å². The summed E-state index contributed by atoms with van der Waals surface area (Å²) in [6.45, 7) is 13.3. The number of benzene rings is 2.